The van der Waals surface area contributed by atoms with Crippen LogP contribution >= 0.6 is 0 Å². The first-order chi connectivity index (χ1) is 11.2. The van der Waals surface area contributed by atoms with Crippen LogP contribution in [0.1, 0.15) is 24.3 Å². The molecule has 0 atom stereocenters. The van der Waals surface area contributed by atoms with Gasteiger partial charge in [-0.1, -0.05) is 36.4 Å². The van der Waals surface area contributed by atoms with E-state index in [1.54, 1.807) is 6.92 Å². The average molecular weight is 309 g/mol. The van der Waals surface area contributed by atoms with Gasteiger partial charge < -0.3 is 14.5 Å². The van der Waals surface area contributed by atoms with Gasteiger partial charge in [-0.15, -0.1) is 0 Å². The molecule has 23 heavy (non-hydrogen) atoms. The molecule has 1 aromatic heterocycles. The van der Waals surface area contributed by atoms with E-state index >= 15 is 0 Å². The Morgan fingerprint density at radius 1 is 1.00 bits per heavy atom. The van der Waals surface area contributed by atoms with Crippen LogP contribution in [0.4, 0.5) is 0 Å². The second-order valence-electron chi connectivity index (χ2n) is 5.10. The Hall–Kier alpha value is -2.75. The molecule has 0 bridgehead atoms. The summed E-state index contributed by atoms with van der Waals surface area (Å²) >= 11 is 0. The van der Waals surface area contributed by atoms with Gasteiger partial charge in [-0.25, -0.2) is 4.79 Å². The van der Waals surface area contributed by atoms with Gasteiger partial charge in [0.25, 0.3) is 0 Å². The van der Waals surface area contributed by atoms with Crippen LogP contribution in [-0.4, -0.2) is 24.2 Å². The van der Waals surface area contributed by atoms with Crippen LogP contribution in [-0.2, 0) is 4.74 Å². The summed E-state index contributed by atoms with van der Waals surface area (Å²) < 4.78 is 10.8. The molecule has 1 N–H and O–H groups in total. The summed E-state index contributed by atoms with van der Waals surface area (Å²) in [6.07, 6.45) is 0. The molecule has 0 saturated heterocycles. The number of fused-ring (bicyclic) bond motifs is 1. The van der Waals surface area contributed by atoms with E-state index < -0.39 is 0 Å². The van der Waals surface area contributed by atoms with E-state index in [-0.39, 0.29) is 5.97 Å². The highest BCUT2D eigenvalue weighted by atomic mass is 16.5. The van der Waals surface area contributed by atoms with Gasteiger partial charge in [0, 0.05) is 16.5 Å². The molecule has 4 heteroatoms. The van der Waals surface area contributed by atoms with Gasteiger partial charge in [-0.2, -0.15) is 0 Å². The van der Waals surface area contributed by atoms with Gasteiger partial charge in [0.2, 0.25) is 0 Å². The number of aromatic amines is 1. The fourth-order valence-electron chi connectivity index (χ4n) is 2.67. The van der Waals surface area contributed by atoms with Crippen LogP contribution in [0.3, 0.4) is 0 Å². The second-order valence-corrected chi connectivity index (χ2v) is 5.10. The van der Waals surface area contributed by atoms with Crippen molar-refractivity contribution >= 4 is 16.9 Å². The molecule has 0 fully saturated rings. The third-order valence-electron chi connectivity index (χ3n) is 3.63. The smallest absolute Gasteiger partial charge is 0.354 e. The molecule has 0 spiro atoms. The van der Waals surface area contributed by atoms with Crippen molar-refractivity contribution in [2.75, 3.05) is 13.2 Å². The Balaban J connectivity index is 2.13. The first-order valence-electron chi connectivity index (χ1n) is 7.75. The van der Waals surface area contributed by atoms with E-state index in [1.165, 1.54) is 0 Å². The average Bonchev–Trinajstić information content (AvgIpc) is 3.00. The largest absolute Gasteiger partial charge is 0.493 e. The molecule has 0 saturated carbocycles. The lowest BCUT2D eigenvalue weighted by Crippen LogP contribution is -2.04. The van der Waals surface area contributed by atoms with Crippen molar-refractivity contribution in [2.24, 2.45) is 0 Å². The lowest BCUT2D eigenvalue weighted by molar-refractivity contribution is 0.0520. The number of rotatable bonds is 5. The first-order valence-corrected chi connectivity index (χ1v) is 7.75. The minimum Gasteiger partial charge on any atom is -0.493 e. The van der Waals surface area contributed by atoms with Crippen molar-refractivity contribution in [1.29, 1.82) is 0 Å². The highest BCUT2D eigenvalue weighted by Gasteiger charge is 2.14. The van der Waals surface area contributed by atoms with Crippen molar-refractivity contribution in [3.63, 3.8) is 0 Å². The summed E-state index contributed by atoms with van der Waals surface area (Å²) in [4.78, 5) is 15.1. The summed E-state index contributed by atoms with van der Waals surface area (Å²) in [5, 5.41) is 0.969. The second kappa shape index (κ2) is 6.57. The summed E-state index contributed by atoms with van der Waals surface area (Å²) in [5.41, 5.74) is 3.37. The first kappa shape index (κ1) is 15.2. The number of ether oxygens (including phenoxy) is 2. The quantitative estimate of drug-likeness (QED) is 0.710. The predicted octanol–water partition coefficient (Wildman–Crippen LogP) is 4.41. The number of aromatic nitrogens is 1. The van der Waals surface area contributed by atoms with Crippen LogP contribution in [0.15, 0.2) is 48.5 Å². The van der Waals surface area contributed by atoms with Gasteiger partial charge in [0.15, 0.2) is 0 Å². The van der Waals surface area contributed by atoms with Crippen molar-refractivity contribution in [2.45, 2.75) is 13.8 Å². The zero-order chi connectivity index (χ0) is 16.2. The number of hydrogen-bond donors (Lipinski definition) is 1. The van der Waals surface area contributed by atoms with Gasteiger partial charge in [-0.05, 0) is 26.0 Å². The van der Waals surface area contributed by atoms with E-state index in [1.807, 2.05) is 55.5 Å². The molecular weight excluding hydrogens is 290 g/mol. The van der Waals surface area contributed by atoms with Crippen molar-refractivity contribution in [1.82, 2.24) is 4.98 Å². The molecule has 0 aliphatic carbocycles. The van der Waals surface area contributed by atoms with Gasteiger partial charge in [-0.3, -0.25) is 0 Å². The van der Waals surface area contributed by atoms with E-state index in [2.05, 4.69) is 4.98 Å². The van der Waals surface area contributed by atoms with Gasteiger partial charge >= 0.3 is 5.97 Å². The molecule has 3 rings (SSSR count). The molecule has 2 aromatic carbocycles. The maximum Gasteiger partial charge on any atom is 0.354 e. The van der Waals surface area contributed by atoms with Crippen LogP contribution in [0.2, 0.25) is 0 Å². The minimum absolute atomic E-state index is 0.340. The predicted molar refractivity (Wildman–Crippen MR) is 90.9 cm³/mol. The fourth-order valence-corrected chi connectivity index (χ4v) is 2.67. The van der Waals surface area contributed by atoms with E-state index in [0.717, 1.165) is 27.8 Å². The standard InChI is InChI=1S/C19H19NO3/c1-3-22-17-11-6-5-9-14(17)15-10-7-8-13-12-16(20-18(13)15)19(21)23-4-2/h5-12,20H,3-4H2,1-2H3. The van der Waals surface area contributed by atoms with Crippen LogP contribution in [0.5, 0.6) is 5.75 Å². The van der Waals surface area contributed by atoms with E-state index in [0.29, 0.717) is 18.9 Å². The maximum atomic E-state index is 12.0. The molecule has 118 valence electrons. The number of nitrogens with one attached hydrogen (secondary N) is 1. The third kappa shape index (κ3) is 2.93. The monoisotopic (exact) mass is 309 g/mol. The van der Waals surface area contributed by atoms with Gasteiger partial charge in [0.05, 0.1) is 18.7 Å². The highest BCUT2D eigenvalue weighted by Crippen LogP contribution is 2.35. The zero-order valence-electron chi connectivity index (χ0n) is 13.3. The highest BCUT2D eigenvalue weighted by molar-refractivity contribution is 6.01. The molecule has 0 aliphatic rings. The van der Waals surface area contributed by atoms with E-state index in [9.17, 15) is 4.79 Å². The van der Waals surface area contributed by atoms with Gasteiger partial charge in [0.1, 0.15) is 11.4 Å². The number of carbonyl (C=O) groups excluding carboxylic acids is 1. The van der Waals surface area contributed by atoms with Crippen LogP contribution in [0.25, 0.3) is 22.0 Å². The summed E-state index contributed by atoms with van der Waals surface area (Å²) in [5.74, 6) is 0.488. The molecule has 0 aliphatic heterocycles. The maximum absolute atomic E-state index is 12.0. The molecule has 4 nitrogen and oxygen atoms in total. The fraction of sp³-hybridized carbons (Fsp3) is 0.211. The molecule has 0 amide bonds. The Labute approximate surface area is 135 Å². The number of esters is 1. The Morgan fingerprint density at radius 3 is 2.57 bits per heavy atom. The zero-order valence-corrected chi connectivity index (χ0v) is 13.3. The molecule has 1 heterocycles. The number of carbonyl (C=O) groups is 1. The lowest BCUT2D eigenvalue weighted by atomic mass is 10.0. The number of H-pyrrole nitrogens is 1. The SMILES string of the molecule is CCOC(=O)c1cc2cccc(-c3ccccc3OCC)c2[nH]1. The molecule has 3 aromatic rings. The lowest BCUT2D eigenvalue weighted by Gasteiger charge is -2.11. The number of para-hydroxylation sites is 2. The molecular formula is C19H19NO3. The Morgan fingerprint density at radius 2 is 1.78 bits per heavy atom. The van der Waals surface area contributed by atoms with Crippen molar-refractivity contribution in [3.05, 3.63) is 54.2 Å². The number of hydrogen-bond acceptors (Lipinski definition) is 3. The number of benzene rings is 2. The Kier molecular flexibility index (Phi) is 4.33. The normalized spacial score (nSPS) is 10.7. The summed E-state index contributed by atoms with van der Waals surface area (Å²) in [6, 6.07) is 15.7. The topological polar surface area (TPSA) is 51.3 Å². The summed E-state index contributed by atoms with van der Waals surface area (Å²) in [6.45, 7) is 4.72. The minimum atomic E-state index is -0.340. The Bertz CT molecular complexity index is 836. The third-order valence-corrected chi connectivity index (χ3v) is 3.63. The van der Waals surface area contributed by atoms with Crippen molar-refractivity contribution in [3.8, 4) is 16.9 Å². The van der Waals surface area contributed by atoms with E-state index in [4.69, 9.17) is 9.47 Å². The van der Waals surface area contributed by atoms with Crippen LogP contribution in [0, 0.1) is 0 Å². The summed E-state index contributed by atoms with van der Waals surface area (Å²) in [7, 11) is 0. The van der Waals surface area contributed by atoms with Crippen LogP contribution < -0.4 is 4.74 Å². The molecule has 0 radical (unpaired) electrons. The van der Waals surface area contributed by atoms with Crippen molar-refractivity contribution < 1.29 is 14.3 Å². The molecule has 0 unspecified atom stereocenters.